The largest absolute Gasteiger partial charge is 0.472 e. The molecule has 0 aliphatic rings. The highest BCUT2D eigenvalue weighted by atomic mass is 16.3. The van der Waals surface area contributed by atoms with E-state index in [1.165, 1.54) is 5.56 Å². The SMILES string of the molecule is c1cncc(CCNc2cc(-c3ccoc3)cn3ccnc23)c1. The summed E-state index contributed by atoms with van der Waals surface area (Å²) in [5.41, 5.74) is 5.29. The molecule has 23 heavy (non-hydrogen) atoms. The van der Waals surface area contributed by atoms with Crippen molar-refractivity contribution in [2.24, 2.45) is 0 Å². The molecule has 0 saturated heterocycles. The third-order valence-corrected chi connectivity index (χ3v) is 3.79. The van der Waals surface area contributed by atoms with Crippen molar-refractivity contribution in [2.45, 2.75) is 6.42 Å². The van der Waals surface area contributed by atoms with Gasteiger partial charge < -0.3 is 14.1 Å². The predicted molar refractivity (Wildman–Crippen MR) is 89.3 cm³/mol. The summed E-state index contributed by atoms with van der Waals surface area (Å²) in [6, 6.07) is 8.11. The summed E-state index contributed by atoms with van der Waals surface area (Å²) in [6.45, 7) is 0.822. The first-order chi connectivity index (χ1) is 11.4. The fourth-order valence-electron chi connectivity index (χ4n) is 2.64. The molecule has 0 atom stereocenters. The summed E-state index contributed by atoms with van der Waals surface area (Å²) in [5.74, 6) is 0. The van der Waals surface area contributed by atoms with E-state index >= 15 is 0 Å². The van der Waals surface area contributed by atoms with Gasteiger partial charge in [-0.2, -0.15) is 0 Å². The van der Waals surface area contributed by atoms with Crippen LogP contribution in [0.15, 0.2) is 72.2 Å². The molecule has 0 unspecified atom stereocenters. The minimum atomic E-state index is 0.822. The van der Waals surface area contributed by atoms with Crippen molar-refractivity contribution in [3.8, 4) is 11.1 Å². The normalized spacial score (nSPS) is 11.0. The zero-order valence-electron chi connectivity index (χ0n) is 12.5. The van der Waals surface area contributed by atoms with Gasteiger partial charge in [-0.1, -0.05) is 6.07 Å². The first kappa shape index (κ1) is 13.6. The van der Waals surface area contributed by atoms with Crippen LogP contribution in [0.3, 0.4) is 0 Å². The summed E-state index contributed by atoms with van der Waals surface area (Å²) in [5, 5.41) is 3.48. The highest BCUT2D eigenvalue weighted by Gasteiger charge is 2.08. The molecule has 0 aliphatic carbocycles. The lowest BCUT2D eigenvalue weighted by molar-refractivity contribution is 0.568. The van der Waals surface area contributed by atoms with E-state index in [0.29, 0.717) is 0 Å². The van der Waals surface area contributed by atoms with Crippen LogP contribution in [0.1, 0.15) is 5.56 Å². The topological polar surface area (TPSA) is 55.4 Å². The van der Waals surface area contributed by atoms with Gasteiger partial charge in [0.15, 0.2) is 5.65 Å². The van der Waals surface area contributed by atoms with Gasteiger partial charge in [0.25, 0.3) is 0 Å². The van der Waals surface area contributed by atoms with E-state index in [0.717, 1.165) is 35.4 Å². The van der Waals surface area contributed by atoms with Crippen LogP contribution < -0.4 is 5.32 Å². The second-order valence-electron chi connectivity index (χ2n) is 5.35. The number of rotatable bonds is 5. The van der Waals surface area contributed by atoms with E-state index in [2.05, 4.69) is 33.6 Å². The number of hydrogen-bond donors (Lipinski definition) is 1. The van der Waals surface area contributed by atoms with E-state index in [1.54, 1.807) is 24.9 Å². The van der Waals surface area contributed by atoms with Crippen LogP contribution in [0.5, 0.6) is 0 Å². The van der Waals surface area contributed by atoms with E-state index in [-0.39, 0.29) is 0 Å². The Bertz CT molecular complexity index is 897. The predicted octanol–water partition coefficient (Wildman–Crippen LogP) is 3.64. The van der Waals surface area contributed by atoms with Crippen molar-refractivity contribution in [1.82, 2.24) is 14.4 Å². The number of nitrogens with zero attached hydrogens (tertiary/aromatic N) is 3. The number of pyridine rings is 2. The van der Waals surface area contributed by atoms with Crippen molar-refractivity contribution in [2.75, 3.05) is 11.9 Å². The number of nitrogens with one attached hydrogen (secondary N) is 1. The van der Waals surface area contributed by atoms with Gasteiger partial charge in [0, 0.05) is 48.7 Å². The van der Waals surface area contributed by atoms with E-state index in [4.69, 9.17) is 4.42 Å². The maximum Gasteiger partial charge on any atom is 0.160 e. The standard InChI is InChI=1S/C18H16N4O/c1-2-14(11-19-5-1)3-6-20-17-10-16(15-4-9-23-13-15)12-22-8-7-21-18(17)22/h1-2,4-5,7-13,20H,3,6H2. The highest BCUT2D eigenvalue weighted by Crippen LogP contribution is 2.26. The van der Waals surface area contributed by atoms with Crippen molar-refractivity contribution >= 4 is 11.3 Å². The highest BCUT2D eigenvalue weighted by molar-refractivity contribution is 5.75. The van der Waals surface area contributed by atoms with Gasteiger partial charge in [0.05, 0.1) is 18.2 Å². The maximum absolute atomic E-state index is 5.19. The van der Waals surface area contributed by atoms with Crippen LogP contribution in [0, 0.1) is 0 Å². The molecular weight excluding hydrogens is 288 g/mol. The third kappa shape index (κ3) is 2.81. The fourth-order valence-corrected chi connectivity index (χ4v) is 2.64. The third-order valence-electron chi connectivity index (χ3n) is 3.79. The number of fused-ring (bicyclic) bond motifs is 1. The number of aromatic nitrogens is 3. The van der Waals surface area contributed by atoms with Gasteiger partial charge in [-0.3, -0.25) is 4.98 Å². The monoisotopic (exact) mass is 304 g/mol. The van der Waals surface area contributed by atoms with Crippen molar-refractivity contribution in [3.05, 3.63) is 73.3 Å². The molecule has 0 spiro atoms. The van der Waals surface area contributed by atoms with Crippen LogP contribution >= 0.6 is 0 Å². The van der Waals surface area contributed by atoms with Gasteiger partial charge in [-0.05, 0) is 30.2 Å². The van der Waals surface area contributed by atoms with Gasteiger partial charge in [0.2, 0.25) is 0 Å². The molecule has 4 aromatic rings. The molecule has 5 nitrogen and oxygen atoms in total. The Labute approximate surface area is 133 Å². The zero-order chi connectivity index (χ0) is 15.5. The smallest absolute Gasteiger partial charge is 0.160 e. The average Bonchev–Trinajstić information content (AvgIpc) is 3.27. The molecule has 4 rings (SSSR count). The summed E-state index contributed by atoms with van der Waals surface area (Å²) >= 11 is 0. The molecule has 0 saturated carbocycles. The molecule has 0 fully saturated rings. The molecule has 0 aromatic carbocycles. The van der Waals surface area contributed by atoms with E-state index in [9.17, 15) is 0 Å². The molecule has 4 aromatic heterocycles. The number of imidazole rings is 1. The summed E-state index contributed by atoms with van der Waals surface area (Å²) in [7, 11) is 0. The Morgan fingerprint density at radius 3 is 3.00 bits per heavy atom. The van der Waals surface area contributed by atoms with Crippen LogP contribution in [-0.4, -0.2) is 20.9 Å². The minimum Gasteiger partial charge on any atom is -0.472 e. The Morgan fingerprint density at radius 1 is 1.17 bits per heavy atom. The van der Waals surface area contributed by atoms with Gasteiger partial charge in [-0.25, -0.2) is 4.98 Å². The Balaban J connectivity index is 1.59. The summed E-state index contributed by atoms with van der Waals surface area (Å²) in [6.07, 6.45) is 13.8. The Kier molecular flexibility index (Phi) is 3.52. The molecule has 5 heteroatoms. The molecule has 0 amide bonds. The Morgan fingerprint density at radius 2 is 2.17 bits per heavy atom. The average molecular weight is 304 g/mol. The van der Waals surface area contributed by atoms with Crippen LogP contribution in [0.4, 0.5) is 5.69 Å². The molecular formula is C18H16N4O. The molecule has 0 radical (unpaired) electrons. The zero-order valence-corrected chi connectivity index (χ0v) is 12.5. The van der Waals surface area contributed by atoms with E-state index < -0.39 is 0 Å². The van der Waals surface area contributed by atoms with Crippen LogP contribution in [0.25, 0.3) is 16.8 Å². The van der Waals surface area contributed by atoms with E-state index in [1.807, 2.05) is 28.9 Å². The molecule has 114 valence electrons. The van der Waals surface area contributed by atoms with Crippen molar-refractivity contribution in [1.29, 1.82) is 0 Å². The lowest BCUT2D eigenvalue weighted by Gasteiger charge is -2.10. The van der Waals surface area contributed by atoms with Gasteiger partial charge in [0.1, 0.15) is 0 Å². The fraction of sp³-hybridized carbons (Fsp3) is 0.111. The molecule has 1 N–H and O–H groups in total. The summed E-state index contributed by atoms with van der Waals surface area (Å²) < 4.78 is 7.21. The molecule has 4 heterocycles. The van der Waals surface area contributed by atoms with Crippen LogP contribution in [-0.2, 0) is 6.42 Å². The maximum atomic E-state index is 5.19. The number of furan rings is 1. The number of hydrogen-bond acceptors (Lipinski definition) is 4. The first-order valence-corrected chi connectivity index (χ1v) is 7.52. The number of anilines is 1. The minimum absolute atomic E-state index is 0.822. The lowest BCUT2D eigenvalue weighted by Crippen LogP contribution is -2.06. The van der Waals surface area contributed by atoms with Gasteiger partial charge >= 0.3 is 0 Å². The first-order valence-electron chi connectivity index (χ1n) is 7.52. The quantitative estimate of drug-likeness (QED) is 0.611. The van der Waals surface area contributed by atoms with Crippen molar-refractivity contribution < 1.29 is 4.42 Å². The Hall–Kier alpha value is -3.08. The van der Waals surface area contributed by atoms with Gasteiger partial charge in [-0.15, -0.1) is 0 Å². The van der Waals surface area contributed by atoms with Crippen LogP contribution in [0.2, 0.25) is 0 Å². The second-order valence-corrected chi connectivity index (χ2v) is 5.35. The lowest BCUT2D eigenvalue weighted by atomic mass is 10.1. The summed E-state index contributed by atoms with van der Waals surface area (Å²) in [4.78, 5) is 8.58. The molecule has 0 aliphatic heterocycles. The van der Waals surface area contributed by atoms with Crippen molar-refractivity contribution in [3.63, 3.8) is 0 Å². The molecule has 0 bridgehead atoms. The second kappa shape index (κ2) is 5.96.